The van der Waals surface area contributed by atoms with E-state index in [1.165, 1.54) is 0 Å². The second kappa shape index (κ2) is 6.12. The molecule has 0 aliphatic heterocycles. The van der Waals surface area contributed by atoms with E-state index in [9.17, 15) is 12.8 Å². The lowest BCUT2D eigenvalue weighted by molar-refractivity contribution is 0.487. The van der Waals surface area contributed by atoms with Crippen LogP contribution in [0.3, 0.4) is 0 Å². The first-order chi connectivity index (χ1) is 8.29. The maximum Gasteiger partial charge on any atom is 0.151 e. The van der Waals surface area contributed by atoms with E-state index in [0.29, 0.717) is 16.6 Å². The molecule has 0 heterocycles. The predicted octanol–water partition coefficient (Wildman–Crippen LogP) is 2.67. The van der Waals surface area contributed by atoms with E-state index in [2.05, 4.69) is 21.2 Å². The zero-order valence-corrected chi connectivity index (χ0v) is 13.0. The van der Waals surface area contributed by atoms with Gasteiger partial charge in [0.15, 0.2) is 9.84 Å². The molecular formula is C12H17BrFNO2S. The highest BCUT2D eigenvalue weighted by atomic mass is 79.9. The fourth-order valence-corrected chi connectivity index (χ4v) is 2.88. The molecule has 0 aliphatic rings. The molecule has 0 aromatic heterocycles. The molecule has 1 rings (SSSR count). The van der Waals surface area contributed by atoms with Gasteiger partial charge in [-0.1, -0.05) is 19.1 Å². The van der Waals surface area contributed by atoms with E-state index in [4.69, 9.17) is 0 Å². The third-order valence-electron chi connectivity index (χ3n) is 2.89. The van der Waals surface area contributed by atoms with Gasteiger partial charge in [0.05, 0.1) is 15.8 Å². The molecule has 0 bridgehead atoms. The van der Waals surface area contributed by atoms with Crippen molar-refractivity contribution in [3.05, 3.63) is 34.1 Å². The van der Waals surface area contributed by atoms with Gasteiger partial charge in [-0.3, -0.25) is 0 Å². The summed E-state index contributed by atoms with van der Waals surface area (Å²) in [7, 11) is -3.25. The smallest absolute Gasteiger partial charge is 0.151 e. The van der Waals surface area contributed by atoms with E-state index in [1.54, 1.807) is 25.1 Å². The number of nitrogens with one attached hydrogen (secondary N) is 1. The van der Waals surface area contributed by atoms with Gasteiger partial charge in [0, 0.05) is 11.8 Å². The topological polar surface area (TPSA) is 46.2 Å². The number of rotatable bonds is 5. The van der Waals surface area contributed by atoms with E-state index in [0.717, 1.165) is 6.26 Å². The minimum absolute atomic E-state index is 0.337. The Balaban J connectivity index is 3.24. The molecule has 6 heteroatoms. The summed E-state index contributed by atoms with van der Waals surface area (Å²) < 4.78 is 37.7. The highest BCUT2D eigenvalue weighted by Crippen LogP contribution is 2.28. The van der Waals surface area contributed by atoms with Crippen molar-refractivity contribution in [2.45, 2.75) is 25.1 Å². The Morgan fingerprint density at radius 1 is 1.44 bits per heavy atom. The van der Waals surface area contributed by atoms with Gasteiger partial charge >= 0.3 is 0 Å². The fraction of sp³-hybridized carbons (Fsp3) is 0.500. The molecule has 0 aliphatic carbocycles. The Labute approximate surface area is 116 Å². The molecule has 0 radical (unpaired) electrons. The summed E-state index contributed by atoms with van der Waals surface area (Å²) in [6, 6.07) is 4.34. The van der Waals surface area contributed by atoms with Crippen molar-refractivity contribution >= 4 is 25.8 Å². The van der Waals surface area contributed by atoms with Gasteiger partial charge in [-0.25, -0.2) is 12.8 Å². The molecule has 18 heavy (non-hydrogen) atoms. The van der Waals surface area contributed by atoms with Crippen LogP contribution in [0.5, 0.6) is 0 Å². The van der Waals surface area contributed by atoms with Crippen molar-refractivity contribution in [1.29, 1.82) is 0 Å². The maximum atomic E-state index is 14.0. The lowest BCUT2D eigenvalue weighted by Crippen LogP contribution is -2.35. The molecule has 0 saturated heterocycles. The Bertz CT molecular complexity index is 519. The molecule has 3 nitrogen and oxygen atoms in total. The summed E-state index contributed by atoms with van der Waals surface area (Å²) in [5.41, 5.74) is 0.365. The van der Waals surface area contributed by atoms with Crippen LogP contribution in [-0.4, -0.2) is 26.5 Å². The number of benzene rings is 1. The molecule has 2 unspecified atom stereocenters. The molecule has 1 N–H and O–H groups in total. The largest absolute Gasteiger partial charge is 0.309 e. The number of hydrogen-bond acceptors (Lipinski definition) is 3. The summed E-state index contributed by atoms with van der Waals surface area (Å²) in [6.45, 7) is 4.01. The van der Waals surface area contributed by atoms with Crippen LogP contribution < -0.4 is 5.32 Å². The summed E-state index contributed by atoms with van der Waals surface area (Å²) in [4.78, 5) is 0. The Morgan fingerprint density at radius 3 is 2.56 bits per heavy atom. The molecule has 0 saturated carbocycles. The van der Waals surface area contributed by atoms with Crippen LogP contribution in [0.4, 0.5) is 4.39 Å². The molecule has 0 spiro atoms. The quantitative estimate of drug-likeness (QED) is 0.898. The van der Waals surface area contributed by atoms with Gasteiger partial charge in [-0.15, -0.1) is 0 Å². The molecule has 102 valence electrons. The van der Waals surface area contributed by atoms with Crippen molar-refractivity contribution < 1.29 is 12.8 Å². The van der Waals surface area contributed by atoms with E-state index < -0.39 is 26.9 Å². The van der Waals surface area contributed by atoms with Gasteiger partial charge < -0.3 is 5.32 Å². The average Bonchev–Trinajstić information content (AvgIpc) is 2.28. The van der Waals surface area contributed by atoms with Crippen molar-refractivity contribution in [2.24, 2.45) is 0 Å². The Kier molecular flexibility index (Phi) is 5.31. The first-order valence-electron chi connectivity index (χ1n) is 5.65. The van der Waals surface area contributed by atoms with E-state index >= 15 is 0 Å². The third kappa shape index (κ3) is 3.52. The van der Waals surface area contributed by atoms with Crippen LogP contribution in [0.2, 0.25) is 0 Å². The standard InChI is InChI=1S/C12H17BrFNO2S/c1-4-15-12(8(2)18(3,16)17)9-6-5-7-10(13)11(9)14/h5-8,12,15H,4H2,1-3H3. The molecule has 1 aromatic carbocycles. The first-order valence-corrected chi connectivity index (χ1v) is 8.40. The lowest BCUT2D eigenvalue weighted by atomic mass is 10.0. The van der Waals surface area contributed by atoms with Crippen LogP contribution >= 0.6 is 15.9 Å². The number of halogens is 2. The van der Waals surface area contributed by atoms with Crippen molar-refractivity contribution in [3.63, 3.8) is 0 Å². The summed E-state index contributed by atoms with van der Waals surface area (Å²) in [6.07, 6.45) is 1.16. The van der Waals surface area contributed by atoms with Crippen molar-refractivity contribution in [2.75, 3.05) is 12.8 Å². The van der Waals surface area contributed by atoms with Gasteiger partial charge in [-0.2, -0.15) is 0 Å². The van der Waals surface area contributed by atoms with Gasteiger partial charge in [0.1, 0.15) is 5.82 Å². The molecule has 1 aromatic rings. The Hall–Kier alpha value is -0.460. The van der Waals surface area contributed by atoms with Crippen molar-refractivity contribution in [1.82, 2.24) is 5.32 Å². The van der Waals surface area contributed by atoms with Crippen LogP contribution in [0.1, 0.15) is 25.5 Å². The van der Waals surface area contributed by atoms with Crippen molar-refractivity contribution in [3.8, 4) is 0 Å². The first kappa shape index (κ1) is 15.6. The van der Waals surface area contributed by atoms with Gasteiger partial charge in [0.25, 0.3) is 0 Å². The van der Waals surface area contributed by atoms with Crippen LogP contribution in [0.25, 0.3) is 0 Å². The predicted molar refractivity (Wildman–Crippen MR) is 74.8 cm³/mol. The highest BCUT2D eigenvalue weighted by molar-refractivity contribution is 9.10. The van der Waals surface area contributed by atoms with Crippen LogP contribution in [0.15, 0.2) is 22.7 Å². The average molecular weight is 338 g/mol. The zero-order chi connectivity index (χ0) is 13.9. The zero-order valence-electron chi connectivity index (χ0n) is 10.6. The summed E-state index contributed by atoms with van der Waals surface area (Å²) >= 11 is 3.11. The van der Waals surface area contributed by atoms with Gasteiger partial charge in [0.2, 0.25) is 0 Å². The van der Waals surface area contributed by atoms with Crippen LogP contribution in [0, 0.1) is 5.82 Å². The molecular weight excluding hydrogens is 321 g/mol. The molecule has 2 atom stereocenters. The third-order valence-corrected chi connectivity index (χ3v) is 5.12. The van der Waals surface area contributed by atoms with Crippen LogP contribution in [-0.2, 0) is 9.84 Å². The second-order valence-corrected chi connectivity index (χ2v) is 7.47. The minimum Gasteiger partial charge on any atom is -0.309 e. The molecule has 0 amide bonds. The van der Waals surface area contributed by atoms with E-state index in [1.807, 2.05) is 6.92 Å². The number of hydrogen-bond donors (Lipinski definition) is 1. The SMILES string of the molecule is CCNC(c1cccc(Br)c1F)C(C)S(C)(=O)=O. The lowest BCUT2D eigenvalue weighted by Gasteiger charge is -2.24. The normalized spacial score (nSPS) is 15.4. The highest BCUT2D eigenvalue weighted by Gasteiger charge is 2.29. The Morgan fingerprint density at radius 2 is 2.06 bits per heavy atom. The second-order valence-electron chi connectivity index (χ2n) is 4.21. The summed E-state index contributed by atoms with van der Waals surface area (Å²) in [5.74, 6) is -0.418. The summed E-state index contributed by atoms with van der Waals surface area (Å²) in [5, 5.41) is 2.34. The monoisotopic (exact) mass is 337 g/mol. The number of sulfone groups is 1. The minimum atomic E-state index is -3.25. The molecule has 0 fully saturated rings. The fourth-order valence-electron chi connectivity index (χ4n) is 1.76. The van der Waals surface area contributed by atoms with E-state index in [-0.39, 0.29) is 0 Å². The van der Waals surface area contributed by atoms with Gasteiger partial charge in [-0.05, 0) is 35.5 Å². The maximum absolute atomic E-state index is 14.0.